The zero-order valence-corrected chi connectivity index (χ0v) is 13.2. The molecule has 0 spiro atoms. The van der Waals surface area contributed by atoms with Crippen molar-refractivity contribution in [2.24, 2.45) is 0 Å². The van der Waals surface area contributed by atoms with Crippen LogP contribution < -0.4 is 0 Å². The van der Waals surface area contributed by atoms with Gasteiger partial charge in [-0.2, -0.15) is 0 Å². The van der Waals surface area contributed by atoms with Crippen LogP contribution in [0, 0.1) is 0 Å². The fourth-order valence-corrected chi connectivity index (χ4v) is 6.38. The SMILES string of the molecule is C=CCCCCCCCC1(O)CC2CCC(C1)S2(=O)=O. The Morgan fingerprint density at radius 2 is 1.60 bits per heavy atom. The van der Waals surface area contributed by atoms with Gasteiger partial charge in [0.15, 0.2) is 9.84 Å². The standard InChI is InChI=1S/C16H28O3S/c1-2-3-4-5-6-7-8-11-16(17)12-14-9-10-15(13-16)20(14,18)19/h2,14-15,17H,1,3-13H2. The summed E-state index contributed by atoms with van der Waals surface area (Å²) in [4.78, 5) is 0. The molecule has 2 heterocycles. The third-order valence-corrected chi connectivity index (χ3v) is 7.67. The molecule has 2 saturated heterocycles. The summed E-state index contributed by atoms with van der Waals surface area (Å²) >= 11 is 0. The van der Waals surface area contributed by atoms with E-state index in [0.29, 0.717) is 12.8 Å². The molecule has 2 bridgehead atoms. The van der Waals surface area contributed by atoms with Crippen molar-refractivity contribution in [2.45, 2.75) is 86.7 Å². The van der Waals surface area contributed by atoms with Gasteiger partial charge >= 0.3 is 0 Å². The lowest BCUT2D eigenvalue weighted by Crippen LogP contribution is -2.44. The maximum Gasteiger partial charge on any atom is 0.156 e. The molecule has 2 atom stereocenters. The number of sulfone groups is 1. The second-order valence-electron chi connectivity index (χ2n) is 6.64. The third-order valence-electron chi connectivity index (χ3n) is 5.01. The molecule has 2 aliphatic heterocycles. The molecule has 2 fully saturated rings. The van der Waals surface area contributed by atoms with Crippen LogP contribution in [0.25, 0.3) is 0 Å². The molecule has 4 heteroatoms. The van der Waals surface area contributed by atoms with Gasteiger partial charge < -0.3 is 5.11 Å². The minimum absolute atomic E-state index is 0.265. The van der Waals surface area contributed by atoms with E-state index in [2.05, 4.69) is 6.58 Å². The summed E-state index contributed by atoms with van der Waals surface area (Å²) in [6.07, 6.45) is 12.1. The Hall–Kier alpha value is -0.350. The zero-order valence-electron chi connectivity index (χ0n) is 12.4. The van der Waals surface area contributed by atoms with Crippen LogP contribution >= 0.6 is 0 Å². The predicted molar refractivity (Wildman–Crippen MR) is 82.4 cm³/mol. The summed E-state index contributed by atoms with van der Waals surface area (Å²) in [6, 6.07) is 0. The van der Waals surface area contributed by atoms with E-state index in [0.717, 1.165) is 38.5 Å². The van der Waals surface area contributed by atoms with Gasteiger partial charge in [-0.15, -0.1) is 6.58 Å². The third kappa shape index (κ3) is 3.64. The van der Waals surface area contributed by atoms with E-state index in [1.54, 1.807) is 0 Å². The first-order chi connectivity index (χ1) is 9.48. The summed E-state index contributed by atoms with van der Waals surface area (Å²) in [5.74, 6) is 0. The molecule has 2 aliphatic rings. The molecule has 0 aromatic heterocycles. The lowest BCUT2D eigenvalue weighted by molar-refractivity contribution is 0.0108. The predicted octanol–water partition coefficient (Wildman–Crippen LogP) is 3.37. The van der Waals surface area contributed by atoms with Crippen LogP contribution in [0.2, 0.25) is 0 Å². The van der Waals surface area contributed by atoms with Crippen LogP contribution in [0.15, 0.2) is 12.7 Å². The van der Waals surface area contributed by atoms with E-state index in [1.165, 1.54) is 19.3 Å². The van der Waals surface area contributed by atoms with Crippen molar-refractivity contribution in [1.82, 2.24) is 0 Å². The molecule has 0 radical (unpaired) electrons. The van der Waals surface area contributed by atoms with Crippen LogP contribution in [0.4, 0.5) is 0 Å². The number of fused-ring (bicyclic) bond motifs is 2. The van der Waals surface area contributed by atoms with E-state index in [4.69, 9.17) is 0 Å². The van der Waals surface area contributed by atoms with Crippen molar-refractivity contribution in [2.75, 3.05) is 0 Å². The zero-order chi connectivity index (χ0) is 14.6. The molecular weight excluding hydrogens is 272 g/mol. The average Bonchev–Trinajstić information content (AvgIpc) is 2.58. The highest BCUT2D eigenvalue weighted by Crippen LogP contribution is 2.44. The molecule has 0 aliphatic carbocycles. The molecule has 0 amide bonds. The maximum absolute atomic E-state index is 12.0. The summed E-state index contributed by atoms with van der Waals surface area (Å²) in [5.41, 5.74) is -0.710. The van der Waals surface area contributed by atoms with E-state index < -0.39 is 15.4 Å². The van der Waals surface area contributed by atoms with Gasteiger partial charge in [-0.05, 0) is 44.9 Å². The second kappa shape index (κ2) is 6.61. The smallest absolute Gasteiger partial charge is 0.156 e. The molecule has 0 aromatic rings. The first kappa shape index (κ1) is 16.0. The van der Waals surface area contributed by atoms with Gasteiger partial charge in [-0.25, -0.2) is 8.42 Å². The van der Waals surface area contributed by atoms with Crippen LogP contribution in [0.1, 0.15) is 70.6 Å². The highest BCUT2D eigenvalue weighted by molar-refractivity contribution is 7.93. The number of unbranched alkanes of at least 4 members (excludes halogenated alkanes) is 5. The average molecular weight is 300 g/mol. The lowest BCUT2D eigenvalue weighted by Gasteiger charge is -2.36. The summed E-state index contributed by atoms with van der Waals surface area (Å²) in [7, 11) is -2.92. The Morgan fingerprint density at radius 3 is 2.20 bits per heavy atom. The largest absolute Gasteiger partial charge is 0.390 e. The van der Waals surface area contributed by atoms with Gasteiger partial charge in [0.1, 0.15) is 0 Å². The Balaban J connectivity index is 1.70. The molecular formula is C16H28O3S. The lowest BCUT2D eigenvalue weighted by atomic mass is 9.87. The quantitative estimate of drug-likeness (QED) is 0.552. The number of aliphatic hydroxyl groups is 1. The monoisotopic (exact) mass is 300 g/mol. The first-order valence-corrected chi connectivity index (χ1v) is 9.65. The number of hydrogen-bond acceptors (Lipinski definition) is 3. The highest BCUT2D eigenvalue weighted by Gasteiger charge is 2.52. The van der Waals surface area contributed by atoms with Crippen molar-refractivity contribution in [1.29, 1.82) is 0 Å². The fourth-order valence-electron chi connectivity index (χ4n) is 3.82. The van der Waals surface area contributed by atoms with Gasteiger partial charge in [0, 0.05) is 0 Å². The van der Waals surface area contributed by atoms with Gasteiger partial charge in [0.2, 0.25) is 0 Å². The number of allylic oxidation sites excluding steroid dienone is 1. The fraction of sp³-hybridized carbons (Fsp3) is 0.875. The molecule has 1 N–H and O–H groups in total. The summed E-state index contributed by atoms with van der Waals surface area (Å²) < 4.78 is 24.0. The molecule has 0 saturated carbocycles. The van der Waals surface area contributed by atoms with Crippen molar-refractivity contribution < 1.29 is 13.5 Å². The van der Waals surface area contributed by atoms with Gasteiger partial charge in [0.05, 0.1) is 16.1 Å². The number of rotatable bonds is 8. The van der Waals surface area contributed by atoms with Crippen LogP contribution in [0.3, 0.4) is 0 Å². The van der Waals surface area contributed by atoms with Gasteiger partial charge in [0.25, 0.3) is 0 Å². The normalized spacial score (nSPS) is 35.0. The van der Waals surface area contributed by atoms with Gasteiger partial charge in [-0.1, -0.05) is 31.8 Å². The van der Waals surface area contributed by atoms with Crippen molar-refractivity contribution in [3.8, 4) is 0 Å². The molecule has 2 rings (SSSR count). The maximum atomic E-state index is 12.0. The van der Waals surface area contributed by atoms with E-state index in [1.807, 2.05) is 6.08 Å². The summed E-state index contributed by atoms with van der Waals surface area (Å²) in [5, 5.41) is 10.1. The Bertz CT molecular complexity index is 407. The Kier molecular flexibility index (Phi) is 5.30. The van der Waals surface area contributed by atoms with Crippen molar-refractivity contribution in [3.05, 3.63) is 12.7 Å². The summed E-state index contributed by atoms with van der Waals surface area (Å²) in [6.45, 7) is 3.71. The van der Waals surface area contributed by atoms with E-state index in [9.17, 15) is 13.5 Å². The van der Waals surface area contributed by atoms with E-state index >= 15 is 0 Å². The highest BCUT2D eigenvalue weighted by atomic mass is 32.2. The topological polar surface area (TPSA) is 54.4 Å². The minimum atomic E-state index is -2.92. The molecule has 2 unspecified atom stereocenters. The van der Waals surface area contributed by atoms with Crippen molar-refractivity contribution >= 4 is 9.84 Å². The Morgan fingerprint density at radius 1 is 1.05 bits per heavy atom. The molecule has 116 valence electrons. The molecule has 3 nitrogen and oxygen atoms in total. The number of hydrogen-bond donors (Lipinski definition) is 1. The first-order valence-electron chi connectivity index (χ1n) is 8.04. The van der Waals surface area contributed by atoms with Crippen LogP contribution in [0.5, 0.6) is 0 Å². The van der Waals surface area contributed by atoms with Crippen LogP contribution in [-0.2, 0) is 9.84 Å². The second-order valence-corrected chi connectivity index (χ2v) is 9.15. The van der Waals surface area contributed by atoms with Gasteiger partial charge in [-0.3, -0.25) is 0 Å². The molecule has 20 heavy (non-hydrogen) atoms. The minimum Gasteiger partial charge on any atom is -0.390 e. The molecule has 0 aromatic carbocycles. The van der Waals surface area contributed by atoms with E-state index in [-0.39, 0.29) is 10.5 Å². The Labute approximate surface area is 123 Å². The van der Waals surface area contributed by atoms with Crippen molar-refractivity contribution in [3.63, 3.8) is 0 Å². The van der Waals surface area contributed by atoms with Crippen LogP contribution in [-0.4, -0.2) is 29.6 Å².